The van der Waals surface area contributed by atoms with E-state index in [4.69, 9.17) is 16.3 Å². The maximum absolute atomic E-state index is 12.2. The highest BCUT2D eigenvalue weighted by Crippen LogP contribution is 2.45. The molecule has 7 nitrogen and oxygen atoms in total. The number of carbonyl (C=O) groups is 2. The zero-order valence-electron chi connectivity index (χ0n) is 21.2. The normalized spacial score (nSPS) is 23.9. The van der Waals surface area contributed by atoms with Crippen LogP contribution in [0.1, 0.15) is 43.0 Å². The van der Waals surface area contributed by atoms with E-state index < -0.39 is 0 Å². The SMILES string of the molecule is COC[C@@]1(C)C[C@H](N2CCCc3cc(Cl)cc(-c4ccnc5cc(CN6C(=O)CCC6=O)sc45)c32)CN1. The van der Waals surface area contributed by atoms with Gasteiger partial charge in [-0.3, -0.25) is 19.5 Å². The number of anilines is 1. The van der Waals surface area contributed by atoms with E-state index in [9.17, 15) is 9.59 Å². The number of fused-ring (bicyclic) bond motifs is 2. The molecule has 3 aliphatic heterocycles. The number of ether oxygens (including phenoxy) is 1. The Morgan fingerprint density at radius 1 is 1.19 bits per heavy atom. The van der Waals surface area contributed by atoms with Crippen LogP contribution in [0.4, 0.5) is 5.69 Å². The first-order chi connectivity index (χ1) is 17.8. The van der Waals surface area contributed by atoms with Gasteiger partial charge in [-0.1, -0.05) is 11.6 Å². The molecule has 0 bridgehead atoms. The van der Waals surface area contributed by atoms with E-state index in [1.165, 1.54) is 16.2 Å². The minimum Gasteiger partial charge on any atom is -0.383 e. The smallest absolute Gasteiger partial charge is 0.230 e. The number of halogens is 1. The van der Waals surface area contributed by atoms with E-state index in [1.807, 2.05) is 12.3 Å². The molecule has 6 rings (SSSR count). The number of hydrogen-bond donors (Lipinski definition) is 1. The number of pyridine rings is 1. The standard InChI is InChI=1S/C28H31ClN4O3S/c1-28(16-36-2)13-19(14-31-28)32-9-3-4-17-10-18(29)11-22(26(17)32)21-7-8-30-23-12-20(37-27(21)23)15-33-24(34)5-6-25(33)35/h7-8,10-12,19,31H,3-6,9,13-16H2,1-2H3/t19-,28+/m0/s1. The van der Waals surface area contributed by atoms with Crippen LogP contribution in [-0.4, -0.2) is 60.1 Å². The topological polar surface area (TPSA) is 74.8 Å². The Labute approximate surface area is 225 Å². The number of methoxy groups -OCH3 is 1. The number of thiophene rings is 1. The van der Waals surface area contributed by atoms with Gasteiger partial charge in [0.15, 0.2) is 0 Å². The number of aryl methyl sites for hydroxylation is 1. The number of benzene rings is 1. The Morgan fingerprint density at radius 3 is 2.78 bits per heavy atom. The van der Waals surface area contributed by atoms with Crippen LogP contribution in [0.15, 0.2) is 30.5 Å². The van der Waals surface area contributed by atoms with Crippen molar-refractivity contribution < 1.29 is 14.3 Å². The van der Waals surface area contributed by atoms with Crippen LogP contribution in [0.2, 0.25) is 5.02 Å². The van der Waals surface area contributed by atoms with Crippen LogP contribution in [0, 0.1) is 0 Å². The van der Waals surface area contributed by atoms with Crippen molar-refractivity contribution in [3.8, 4) is 11.1 Å². The summed E-state index contributed by atoms with van der Waals surface area (Å²) >= 11 is 8.29. The van der Waals surface area contributed by atoms with E-state index in [-0.39, 0.29) is 17.4 Å². The zero-order valence-corrected chi connectivity index (χ0v) is 22.8. The summed E-state index contributed by atoms with van der Waals surface area (Å²) in [5.74, 6) is -0.193. The molecule has 3 aliphatic rings. The summed E-state index contributed by atoms with van der Waals surface area (Å²) in [6.45, 7) is 5.14. The van der Waals surface area contributed by atoms with Crippen LogP contribution in [0.3, 0.4) is 0 Å². The molecule has 1 aromatic carbocycles. The fourth-order valence-electron chi connectivity index (χ4n) is 6.22. The Balaban J connectivity index is 1.41. The molecule has 0 radical (unpaired) electrons. The van der Waals surface area contributed by atoms with Gasteiger partial charge < -0.3 is 15.0 Å². The minimum absolute atomic E-state index is 0.0410. The molecule has 2 saturated heterocycles. The molecule has 194 valence electrons. The number of hydrogen-bond acceptors (Lipinski definition) is 7. The molecular formula is C28H31ClN4O3S. The first-order valence-electron chi connectivity index (χ1n) is 12.9. The average molecular weight is 539 g/mol. The third-order valence-electron chi connectivity index (χ3n) is 7.86. The molecule has 0 aliphatic carbocycles. The molecule has 3 aromatic rings. The Kier molecular flexibility index (Phi) is 6.47. The van der Waals surface area contributed by atoms with Crippen molar-refractivity contribution >= 4 is 50.7 Å². The number of nitrogens with zero attached hydrogens (tertiary/aromatic N) is 3. The summed E-state index contributed by atoms with van der Waals surface area (Å²) in [7, 11) is 1.76. The van der Waals surface area contributed by atoms with E-state index in [0.717, 1.165) is 63.6 Å². The van der Waals surface area contributed by atoms with Gasteiger partial charge in [-0.15, -0.1) is 11.3 Å². The van der Waals surface area contributed by atoms with Gasteiger partial charge in [0.25, 0.3) is 0 Å². The van der Waals surface area contributed by atoms with Crippen LogP contribution in [0.5, 0.6) is 0 Å². The molecule has 2 amide bonds. The van der Waals surface area contributed by atoms with Crippen LogP contribution in [0.25, 0.3) is 21.3 Å². The maximum Gasteiger partial charge on any atom is 0.230 e. The number of aromatic nitrogens is 1. The van der Waals surface area contributed by atoms with Crippen LogP contribution >= 0.6 is 22.9 Å². The summed E-state index contributed by atoms with van der Waals surface area (Å²) in [4.78, 5) is 33.9. The van der Waals surface area contributed by atoms with Gasteiger partial charge >= 0.3 is 0 Å². The van der Waals surface area contributed by atoms with E-state index >= 15 is 0 Å². The number of carbonyl (C=O) groups excluding carboxylic acids is 2. The summed E-state index contributed by atoms with van der Waals surface area (Å²) in [6, 6.07) is 8.63. The van der Waals surface area contributed by atoms with Gasteiger partial charge in [0.05, 0.1) is 23.4 Å². The van der Waals surface area contributed by atoms with Gasteiger partial charge in [-0.2, -0.15) is 0 Å². The average Bonchev–Trinajstić information content (AvgIpc) is 3.56. The van der Waals surface area contributed by atoms with Gasteiger partial charge in [0.2, 0.25) is 11.8 Å². The van der Waals surface area contributed by atoms with Gasteiger partial charge in [0.1, 0.15) is 0 Å². The molecule has 0 unspecified atom stereocenters. The number of rotatable bonds is 6. The Morgan fingerprint density at radius 2 is 2.00 bits per heavy atom. The monoisotopic (exact) mass is 538 g/mol. The number of imide groups is 1. The fraction of sp³-hybridized carbons (Fsp3) is 0.464. The van der Waals surface area contributed by atoms with E-state index in [2.05, 4.69) is 40.3 Å². The molecule has 2 aromatic heterocycles. The fourth-order valence-corrected chi connectivity index (χ4v) is 7.59. The van der Waals surface area contributed by atoms with E-state index in [1.54, 1.807) is 18.4 Å². The van der Waals surface area contributed by atoms with Crippen molar-refractivity contribution in [1.82, 2.24) is 15.2 Å². The minimum atomic E-state index is -0.0964. The number of nitrogens with one attached hydrogen (secondary N) is 1. The first-order valence-corrected chi connectivity index (χ1v) is 14.1. The van der Waals surface area contributed by atoms with Crippen molar-refractivity contribution in [2.24, 2.45) is 0 Å². The predicted molar refractivity (Wildman–Crippen MR) is 147 cm³/mol. The Hall–Kier alpha value is -2.52. The number of likely N-dealkylation sites (tertiary alicyclic amines) is 1. The highest BCUT2D eigenvalue weighted by molar-refractivity contribution is 7.19. The van der Waals surface area contributed by atoms with Crippen molar-refractivity contribution in [2.45, 2.75) is 57.2 Å². The van der Waals surface area contributed by atoms with Crippen molar-refractivity contribution in [3.05, 3.63) is 45.9 Å². The Bertz CT molecular complexity index is 1380. The maximum atomic E-state index is 12.2. The van der Waals surface area contributed by atoms with Crippen LogP contribution in [-0.2, 0) is 27.3 Å². The third kappa shape index (κ3) is 4.54. The largest absolute Gasteiger partial charge is 0.383 e. The molecule has 5 heterocycles. The zero-order chi connectivity index (χ0) is 25.7. The predicted octanol–water partition coefficient (Wildman–Crippen LogP) is 4.79. The first kappa shape index (κ1) is 24.8. The molecule has 0 spiro atoms. The summed E-state index contributed by atoms with van der Waals surface area (Å²) in [5.41, 5.74) is 5.59. The molecule has 37 heavy (non-hydrogen) atoms. The van der Waals surface area contributed by atoms with Gasteiger partial charge in [-0.25, -0.2) is 0 Å². The third-order valence-corrected chi connectivity index (χ3v) is 9.22. The summed E-state index contributed by atoms with van der Waals surface area (Å²) < 4.78 is 6.56. The highest BCUT2D eigenvalue weighted by atomic mass is 35.5. The van der Waals surface area contributed by atoms with Crippen LogP contribution < -0.4 is 10.2 Å². The lowest BCUT2D eigenvalue weighted by Crippen LogP contribution is -2.41. The summed E-state index contributed by atoms with van der Waals surface area (Å²) in [6.07, 6.45) is 5.55. The number of amides is 2. The molecule has 2 atom stereocenters. The van der Waals surface area contributed by atoms with Crippen molar-refractivity contribution in [3.63, 3.8) is 0 Å². The molecule has 9 heteroatoms. The molecule has 0 saturated carbocycles. The summed E-state index contributed by atoms with van der Waals surface area (Å²) in [5, 5.41) is 4.43. The molecular weight excluding hydrogens is 508 g/mol. The van der Waals surface area contributed by atoms with Crippen molar-refractivity contribution in [1.29, 1.82) is 0 Å². The second kappa shape index (κ2) is 9.66. The second-order valence-electron chi connectivity index (χ2n) is 10.6. The van der Waals surface area contributed by atoms with Gasteiger partial charge in [-0.05, 0) is 56.0 Å². The lowest BCUT2D eigenvalue weighted by Gasteiger charge is -2.38. The highest BCUT2D eigenvalue weighted by Gasteiger charge is 2.39. The lowest BCUT2D eigenvalue weighted by atomic mass is 9.91. The lowest BCUT2D eigenvalue weighted by molar-refractivity contribution is -0.138. The second-order valence-corrected chi connectivity index (χ2v) is 12.2. The molecule has 2 fully saturated rings. The van der Waals surface area contributed by atoms with E-state index in [0.29, 0.717) is 32.0 Å². The molecule has 1 N–H and O–H groups in total. The van der Waals surface area contributed by atoms with Gasteiger partial charge in [0, 0.05) is 77.5 Å². The quantitative estimate of drug-likeness (QED) is 0.455. The van der Waals surface area contributed by atoms with Crippen molar-refractivity contribution in [2.75, 3.05) is 31.7 Å².